The van der Waals surface area contributed by atoms with Crippen LogP contribution in [0.3, 0.4) is 0 Å². The number of aromatic amines is 1. The Morgan fingerprint density at radius 2 is 2.15 bits per heavy atom. The van der Waals surface area contributed by atoms with E-state index in [0.717, 1.165) is 16.1 Å². The zero-order valence-corrected chi connectivity index (χ0v) is 16.4. The summed E-state index contributed by atoms with van der Waals surface area (Å²) in [6, 6.07) is 3.99. The van der Waals surface area contributed by atoms with Crippen molar-refractivity contribution in [1.29, 1.82) is 0 Å². The molecule has 0 bridgehead atoms. The van der Waals surface area contributed by atoms with Gasteiger partial charge in [0.15, 0.2) is 11.6 Å². The Hall–Kier alpha value is -2.19. The molecule has 0 atom stereocenters. The van der Waals surface area contributed by atoms with Crippen LogP contribution in [0.15, 0.2) is 27.2 Å². The van der Waals surface area contributed by atoms with Gasteiger partial charge in [0.2, 0.25) is 5.89 Å². The summed E-state index contributed by atoms with van der Waals surface area (Å²) in [7, 11) is 0. The van der Waals surface area contributed by atoms with Gasteiger partial charge in [0.25, 0.3) is 5.22 Å². The SMILES string of the molecule is CCc1c(C(=O)CSc2nnc(Cc3cccs3)o2)[nH]c(C)c1C(C)=O. The maximum absolute atomic E-state index is 12.6. The Morgan fingerprint density at radius 3 is 2.81 bits per heavy atom. The Morgan fingerprint density at radius 1 is 1.35 bits per heavy atom. The Bertz CT molecular complexity index is 926. The van der Waals surface area contributed by atoms with Crippen molar-refractivity contribution in [2.75, 3.05) is 5.75 Å². The third-order valence-electron chi connectivity index (χ3n) is 3.96. The first-order chi connectivity index (χ1) is 12.5. The second-order valence-corrected chi connectivity index (χ2v) is 7.78. The van der Waals surface area contributed by atoms with E-state index in [4.69, 9.17) is 4.42 Å². The molecule has 0 amide bonds. The molecule has 136 valence electrons. The maximum atomic E-state index is 12.6. The van der Waals surface area contributed by atoms with Crippen LogP contribution in [-0.2, 0) is 12.8 Å². The van der Waals surface area contributed by atoms with E-state index in [0.29, 0.717) is 35.2 Å². The lowest BCUT2D eigenvalue weighted by molar-refractivity contribution is 0.101. The molecule has 0 aliphatic heterocycles. The highest BCUT2D eigenvalue weighted by Gasteiger charge is 2.22. The molecule has 3 aromatic rings. The number of aryl methyl sites for hydroxylation is 1. The van der Waals surface area contributed by atoms with Crippen LogP contribution in [0.1, 0.15) is 56.7 Å². The number of Topliss-reactive ketones (excluding diaryl/α,β-unsaturated/α-hetero) is 2. The fraction of sp³-hybridized carbons (Fsp3) is 0.333. The smallest absolute Gasteiger partial charge is 0.277 e. The topological polar surface area (TPSA) is 88.8 Å². The number of rotatable bonds is 8. The summed E-state index contributed by atoms with van der Waals surface area (Å²) < 4.78 is 5.60. The van der Waals surface area contributed by atoms with E-state index in [-0.39, 0.29) is 17.3 Å². The Labute approximate surface area is 159 Å². The van der Waals surface area contributed by atoms with Crippen LogP contribution < -0.4 is 0 Å². The number of carbonyl (C=O) groups excluding carboxylic acids is 2. The molecule has 3 heterocycles. The third kappa shape index (κ3) is 3.96. The van der Waals surface area contributed by atoms with Gasteiger partial charge >= 0.3 is 0 Å². The van der Waals surface area contributed by atoms with Crippen LogP contribution in [0.2, 0.25) is 0 Å². The van der Waals surface area contributed by atoms with Crippen molar-refractivity contribution in [3.63, 3.8) is 0 Å². The van der Waals surface area contributed by atoms with Crippen molar-refractivity contribution in [2.45, 2.75) is 38.8 Å². The summed E-state index contributed by atoms with van der Waals surface area (Å²) in [6.45, 7) is 5.27. The highest BCUT2D eigenvalue weighted by Crippen LogP contribution is 2.24. The first-order valence-electron chi connectivity index (χ1n) is 8.22. The summed E-state index contributed by atoms with van der Waals surface area (Å²) in [5.41, 5.74) is 2.64. The highest BCUT2D eigenvalue weighted by molar-refractivity contribution is 7.99. The van der Waals surface area contributed by atoms with Gasteiger partial charge in [0.1, 0.15) is 0 Å². The lowest BCUT2D eigenvalue weighted by atomic mass is 10.0. The minimum Gasteiger partial charge on any atom is -0.416 e. The molecule has 26 heavy (non-hydrogen) atoms. The predicted molar refractivity (Wildman–Crippen MR) is 101 cm³/mol. The largest absolute Gasteiger partial charge is 0.416 e. The van der Waals surface area contributed by atoms with Gasteiger partial charge in [0, 0.05) is 16.1 Å². The molecule has 3 aromatic heterocycles. The number of thiophene rings is 1. The van der Waals surface area contributed by atoms with E-state index in [9.17, 15) is 9.59 Å². The second kappa shape index (κ2) is 8.01. The number of hydrogen-bond acceptors (Lipinski definition) is 7. The molecule has 0 aliphatic carbocycles. The molecule has 0 saturated heterocycles. The molecule has 1 N–H and O–H groups in total. The molecule has 0 unspecified atom stereocenters. The third-order valence-corrected chi connectivity index (χ3v) is 5.65. The highest BCUT2D eigenvalue weighted by atomic mass is 32.2. The zero-order chi connectivity index (χ0) is 18.7. The average molecular weight is 390 g/mol. The van der Waals surface area contributed by atoms with Gasteiger partial charge < -0.3 is 9.40 Å². The van der Waals surface area contributed by atoms with E-state index in [1.165, 1.54) is 18.7 Å². The number of aromatic nitrogens is 3. The number of thioether (sulfide) groups is 1. The van der Waals surface area contributed by atoms with Crippen LogP contribution in [0.5, 0.6) is 0 Å². The van der Waals surface area contributed by atoms with Crippen LogP contribution in [0.25, 0.3) is 0 Å². The van der Waals surface area contributed by atoms with Crippen molar-refractivity contribution >= 4 is 34.7 Å². The molecule has 0 radical (unpaired) electrons. The average Bonchev–Trinajstić information content (AvgIpc) is 3.33. The predicted octanol–water partition coefficient (Wildman–Crippen LogP) is 4.10. The molecule has 0 aromatic carbocycles. The van der Waals surface area contributed by atoms with Gasteiger partial charge in [0.05, 0.1) is 17.9 Å². The molecule has 6 nitrogen and oxygen atoms in total. The van der Waals surface area contributed by atoms with Crippen LogP contribution in [0, 0.1) is 6.92 Å². The van der Waals surface area contributed by atoms with E-state index >= 15 is 0 Å². The second-order valence-electron chi connectivity index (χ2n) is 5.82. The van der Waals surface area contributed by atoms with E-state index in [1.807, 2.05) is 31.4 Å². The van der Waals surface area contributed by atoms with Gasteiger partial charge in [-0.25, -0.2) is 0 Å². The van der Waals surface area contributed by atoms with Crippen molar-refractivity contribution < 1.29 is 14.0 Å². The van der Waals surface area contributed by atoms with E-state index < -0.39 is 0 Å². The summed E-state index contributed by atoms with van der Waals surface area (Å²) in [4.78, 5) is 28.6. The van der Waals surface area contributed by atoms with Gasteiger partial charge in [-0.05, 0) is 37.3 Å². The molecule has 0 fully saturated rings. The van der Waals surface area contributed by atoms with Gasteiger partial charge in [-0.3, -0.25) is 9.59 Å². The fourth-order valence-electron chi connectivity index (χ4n) is 2.87. The van der Waals surface area contributed by atoms with E-state index in [2.05, 4.69) is 15.2 Å². The lowest BCUT2D eigenvalue weighted by Gasteiger charge is -2.02. The number of nitrogens with one attached hydrogen (secondary N) is 1. The number of nitrogens with zero attached hydrogens (tertiary/aromatic N) is 2. The van der Waals surface area contributed by atoms with Crippen molar-refractivity contribution in [3.05, 3.63) is 50.8 Å². The molecule has 0 saturated carbocycles. The number of hydrogen-bond donors (Lipinski definition) is 1. The zero-order valence-electron chi connectivity index (χ0n) is 14.8. The monoisotopic (exact) mass is 389 g/mol. The molecular formula is C18H19N3O3S2. The minimum atomic E-state index is -0.0829. The molecule has 0 aliphatic rings. The van der Waals surface area contributed by atoms with Crippen molar-refractivity contribution in [1.82, 2.24) is 15.2 Å². The lowest BCUT2D eigenvalue weighted by Crippen LogP contribution is -2.07. The molecule has 0 spiro atoms. The van der Waals surface area contributed by atoms with Crippen molar-refractivity contribution in [2.24, 2.45) is 0 Å². The number of ketones is 2. The fourth-order valence-corrected chi connectivity index (χ4v) is 4.22. The summed E-state index contributed by atoms with van der Waals surface area (Å²) in [5, 5.41) is 10.4. The maximum Gasteiger partial charge on any atom is 0.277 e. The van der Waals surface area contributed by atoms with Crippen LogP contribution in [0.4, 0.5) is 0 Å². The Balaban J connectivity index is 1.67. The first kappa shape index (κ1) is 18.6. The van der Waals surface area contributed by atoms with Crippen LogP contribution >= 0.6 is 23.1 Å². The minimum absolute atomic E-state index is 0.0302. The molecular weight excluding hydrogens is 370 g/mol. The van der Waals surface area contributed by atoms with Gasteiger partial charge in [-0.15, -0.1) is 21.5 Å². The van der Waals surface area contributed by atoms with Gasteiger partial charge in [-0.1, -0.05) is 24.8 Å². The van der Waals surface area contributed by atoms with E-state index in [1.54, 1.807) is 11.3 Å². The quantitative estimate of drug-likeness (QED) is 0.461. The first-order valence-corrected chi connectivity index (χ1v) is 10.1. The summed E-state index contributed by atoms with van der Waals surface area (Å²) >= 11 is 2.84. The summed E-state index contributed by atoms with van der Waals surface area (Å²) in [6.07, 6.45) is 1.22. The number of carbonyl (C=O) groups is 2. The number of H-pyrrole nitrogens is 1. The summed E-state index contributed by atoms with van der Waals surface area (Å²) in [5.74, 6) is 0.592. The van der Waals surface area contributed by atoms with Crippen LogP contribution in [-0.4, -0.2) is 32.5 Å². The normalized spacial score (nSPS) is 11.0. The molecule has 3 rings (SSSR count). The standard InChI is InChI=1S/C18H19N3O3S2/c1-4-13-16(11(3)22)10(2)19-17(13)14(23)9-26-18-21-20-15(24-18)8-12-6-5-7-25-12/h5-7,19H,4,8-9H2,1-3H3. The Kier molecular flexibility index (Phi) is 5.73. The van der Waals surface area contributed by atoms with Gasteiger partial charge in [-0.2, -0.15) is 0 Å². The van der Waals surface area contributed by atoms with Crippen molar-refractivity contribution in [3.8, 4) is 0 Å². The molecule has 8 heteroatoms.